The molecule has 6 rings (SSSR count). The van der Waals surface area contributed by atoms with E-state index in [0.717, 1.165) is 22.5 Å². The number of carbonyl (C=O) groups excluding carboxylic acids is 2. The maximum absolute atomic E-state index is 14.3. The molecule has 0 bridgehead atoms. The number of Topliss-reactive ketones (excluding diaryl/α,β-unsaturated/α-hetero) is 1. The molecule has 1 aliphatic heterocycles. The van der Waals surface area contributed by atoms with Crippen molar-refractivity contribution in [2.75, 3.05) is 31.5 Å². The molecule has 0 radical (unpaired) electrons. The first-order chi connectivity index (χ1) is 20.5. The van der Waals surface area contributed by atoms with Gasteiger partial charge in [-0.1, -0.05) is 48.5 Å². The van der Waals surface area contributed by atoms with Gasteiger partial charge in [0.25, 0.3) is 5.91 Å². The molecule has 1 N–H and O–H groups in total. The number of benzene rings is 4. The molecule has 2 atom stereocenters. The van der Waals surface area contributed by atoms with Crippen LogP contribution in [0.4, 0.5) is 11.4 Å². The Morgan fingerprint density at radius 1 is 0.762 bits per heavy atom. The number of anilines is 2. The first kappa shape index (κ1) is 27.1. The van der Waals surface area contributed by atoms with Crippen molar-refractivity contribution in [2.45, 2.75) is 24.8 Å². The molecular formula is C35H32N2O5. The normalized spacial score (nSPS) is 17.9. The third-order valence-electron chi connectivity index (χ3n) is 8.04. The number of para-hydroxylation sites is 2. The predicted molar refractivity (Wildman–Crippen MR) is 163 cm³/mol. The molecule has 7 nitrogen and oxygen atoms in total. The fraction of sp³-hybridized carbons (Fsp3) is 0.200. The van der Waals surface area contributed by atoms with E-state index in [9.17, 15) is 9.59 Å². The molecule has 1 aliphatic carbocycles. The second-order valence-corrected chi connectivity index (χ2v) is 10.4. The topological polar surface area (TPSA) is 77.1 Å². The molecule has 0 unspecified atom stereocenters. The van der Waals surface area contributed by atoms with Gasteiger partial charge < -0.3 is 19.5 Å². The summed E-state index contributed by atoms with van der Waals surface area (Å²) in [6, 6.07) is 29.7. The van der Waals surface area contributed by atoms with Crippen molar-refractivity contribution < 1.29 is 23.8 Å². The largest absolute Gasteiger partial charge is 0.497 e. The van der Waals surface area contributed by atoms with Crippen LogP contribution in [0.3, 0.4) is 0 Å². The summed E-state index contributed by atoms with van der Waals surface area (Å²) in [6.07, 6.45) is 0.886. The van der Waals surface area contributed by atoms with Gasteiger partial charge in [0.2, 0.25) is 0 Å². The van der Waals surface area contributed by atoms with Crippen LogP contribution in [0.15, 0.2) is 108 Å². The minimum absolute atomic E-state index is 0.0111. The maximum atomic E-state index is 14.3. The average Bonchev–Trinajstić information content (AvgIpc) is 3.19. The molecule has 0 saturated carbocycles. The highest BCUT2D eigenvalue weighted by atomic mass is 16.5. The molecule has 0 spiro atoms. The number of nitrogens with zero attached hydrogens (tertiary/aromatic N) is 1. The lowest BCUT2D eigenvalue weighted by molar-refractivity contribution is -0.116. The van der Waals surface area contributed by atoms with E-state index in [1.54, 1.807) is 38.4 Å². The lowest BCUT2D eigenvalue weighted by Crippen LogP contribution is -2.38. The fourth-order valence-electron chi connectivity index (χ4n) is 5.98. The fourth-order valence-corrected chi connectivity index (χ4v) is 5.98. The zero-order valence-corrected chi connectivity index (χ0v) is 23.8. The summed E-state index contributed by atoms with van der Waals surface area (Å²) in [5.74, 6) is 1.68. The van der Waals surface area contributed by atoms with Crippen LogP contribution in [0, 0.1) is 0 Å². The van der Waals surface area contributed by atoms with Gasteiger partial charge in [0, 0.05) is 23.3 Å². The Bertz CT molecular complexity index is 1660. The minimum Gasteiger partial charge on any atom is -0.497 e. The van der Waals surface area contributed by atoms with Crippen molar-refractivity contribution in [3.63, 3.8) is 0 Å². The molecule has 1 amide bonds. The van der Waals surface area contributed by atoms with Crippen molar-refractivity contribution in [2.24, 2.45) is 0 Å². The molecule has 7 heteroatoms. The van der Waals surface area contributed by atoms with E-state index < -0.39 is 6.04 Å². The highest BCUT2D eigenvalue weighted by Crippen LogP contribution is 2.48. The Kier molecular flexibility index (Phi) is 7.40. The summed E-state index contributed by atoms with van der Waals surface area (Å²) < 4.78 is 16.4. The predicted octanol–water partition coefficient (Wildman–Crippen LogP) is 6.93. The van der Waals surface area contributed by atoms with Gasteiger partial charge in [0.1, 0.15) is 5.75 Å². The van der Waals surface area contributed by atoms with Gasteiger partial charge in [-0.2, -0.15) is 0 Å². The maximum Gasteiger partial charge on any atom is 0.259 e. The van der Waals surface area contributed by atoms with E-state index in [-0.39, 0.29) is 17.6 Å². The van der Waals surface area contributed by atoms with Gasteiger partial charge in [-0.25, -0.2) is 0 Å². The Morgan fingerprint density at radius 2 is 1.45 bits per heavy atom. The number of allylic oxidation sites excluding steroid dienone is 1. The molecule has 0 saturated heterocycles. The highest BCUT2D eigenvalue weighted by molar-refractivity contribution is 6.12. The minimum atomic E-state index is -0.645. The standard InChI is InChI=1S/C35H32N2O5/c1-40-26-16-13-22(14-17-26)34-33-28(19-25(20-30(33)38)24-15-18-31(41-2)32(21-24)42-3)36-27-11-7-8-12-29(27)37(34)35(39)23-9-5-4-6-10-23/h4-18,21,25,34,36H,19-20H2,1-3H3/t25-,34-/m1/s1. The SMILES string of the molecule is COc1ccc([C@@H]2C3=C(C[C@@H](c4ccc(OC)c(OC)c4)CC3=O)Nc3ccccc3N2C(=O)c2ccccc2)cc1. The van der Waals surface area contributed by atoms with Gasteiger partial charge in [-0.05, 0) is 72.0 Å². The Labute approximate surface area is 245 Å². The molecule has 0 fully saturated rings. The average molecular weight is 561 g/mol. The van der Waals surface area contributed by atoms with E-state index in [1.165, 1.54) is 0 Å². The van der Waals surface area contributed by atoms with Crippen molar-refractivity contribution >= 4 is 23.1 Å². The quantitative estimate of drug-likeness (QED) is 0.276. The van der Waals surface area contributed by atoms with Crippen LogP contribution in [0.1, 0.15) is 46.3 Å². The van der Waals surface area contributed by atoms with Crippen molar-refractivity contribution in [3.8, 4) is 17.2 Å². The molecule has 0 aromatic heterocycles. The lowest BCUT2D eigenvalue weighted by Gasteiger charge is -2.35. The van der Waals surface area contributed by atoms with Crippen LogP contribution in [0.25, 0.3) is 0 Å². The van der Waals surface area contributed by atoms with Gasteiger partial charge in [-0.3, -0.25) is 14.5 Å². The molecule has 1 heterocycles. The summed E-state index contributed by atoms with van der Waals surface area (Å²) in [6.45, 7) is 0. The number of ketones is 1. The van der Waals surface area contributed by atoms with Gasteiger partial charge in [0.15, 0.2) is 17.3 Å². The van der Waals surface area contributed by atoms with Crippen molar-refractivity contribution in [1.29, 1.82) is 0 Å². The zero-order chi connectivity index (χ0) is 29.2. The van der Waals surface area contributed by atoms with Crippen molar-refractivity contribution in [3.05, 3.63) is 125 Å². The third kappa shape index (κ3) is 4.87. The summed E-state index contributed by atoms with van der Waals surface area (Å²) >= 11 is 0. The van der Waals surface area contributed by atoms with Crippen LogP contribution < -0.4 is 24.4 Å². The monoisotopic (exact) mass is 560 g/mol. The number of carbonyl (C=O) groups is 2. The molecule has 42 heavy (non-hydrogen) atoms. The zero-order valence-electron chi connectivity index (χ0n) is 23.8. The third-order valence-corrected chi connectivity index (χ3v) is 8.04. The van der Waals surface area contributed by atoms with E-state index in [4.69, 9.17) is 14.2 Å². The van der Waals surface area contributed by atoms with Gasteiger partial charge in [-0.15, -0.1) is 0 Å². The second-order valence-electron chi connectivity index (χ2n) is 10.4. The second kappa shape index (κ2) is 11.4. The molecule has 4 aromatic carbocycles. The van der Waals surface area contributed by atoms with Crippen LogP contribution in [-0.4, -0.2) is 33.0 Å². The summed E-state index contributed by atoms with van der Waals surface area (Å²) in [7, 11) is 4.83. The van der Waals surface area contributed by atoms with E-state index in [1.807, 2.05) is 84.9 Å². The van der Waals surface area contributed by atoms with Crippen molar-refractivity contribution in [1.82, 2.24) is 0 Å². The number of hydrogen-bond acceptors (Lipinski definition) is 6. The lowest BCUT2D eigenvalue weighted by atomic mass is 9.78. The molecule has 2 aliphatic rings. The Hall–Kier alpha value is -5.04. The number of ether oxygens (including phenoxy) is 3. The number of fused-ring (bicyclic) bond motifs is 1. The Balaban J connectivity index is 1.52. The van der Waals surface area contributed by atoms with E-state index >= 15 is 0 Å². The number of hydrogen-bond donors (Lipinski definition) is 1. The molecular weight excluding hydrogens is 528 g/mol. The van der Waals surface area contributed by atoms with E-state index in [0.29, 0.717) is 46.9 Å². The smallest absolute Gasteiger partial charge is 0.259 e. The molecule has 4 aromatic rings. The van der Waals surface area contributed by atoms with Gasteiger partial charge >= 0.3 is 0 Å². The number of methoxy groups -OCH3 is 3. The summed E-state index contributed by atoms with van der Waals surface area (Å²) in [5.41, 5.74) is 5.23. The van der Waals surface area contributed by atoms with Crippen LogP contribution in [0.5, 0.6) is 17.2 Å². The number of nitrogens with one attached hydrogen (secondary N) is 1. The molecule has 212 valence electrons. The van der Waals surface area contributed by atoms with Crippen LogP contribution >= 0.6 is 0 Å². The Morgan fingerprint density at radius 3 is 2.17 bits per heavy atom. The first-order valence-electron chi connectivity index (χ1n) is 13.9. The highest BCUT2D eigenvalue weighted by Gasteiger charge is 2.42. The summed E-state index contributed by atoms with van der Waals surface area (Å²) in [4.78, 5) is 30.4. The first-order valence-corrected chi connectivity index (χ1v) is 13.9. The van der Waals surface area contributed by atoms with E-state index in [2.05, 4.69) is 5.32 Å². The van der Waals surface area contributed by atoms with Crippen LogP contribution in [0.2, 0.25) is 0 Å². The van der Waals surface area contributed by atoms with Crippen LogP contribution in [-0.2, 0) is 4.79 Å². The number of rotatable bonds is 6. The summed E-state index contributed by atoms with van der Waals surface area (Å²) in [5, 5.41) is 3.59. The number of amides is 1. The van der Waals surface area contributed by atoms with Gasteiger partial charge in [0.05, 0.1) is 38.7 Å².